The van der Waals surface area contributed by atoms with Gasteiger partial charge in [-0.2, -0.15) is 26.7 Å². The van der Waals surface area contributed by atoms with Crippen molar-refractivity contribution < 1.29 is 30.6 Å². The van der Waals surface area contributed by atoms with E-state index in [-0.39, 0.29) is 11.2 Å². The van der Waals surface area contributed by atoms with Gasteiger partial charge < -0.3 is 14.8 Å². The van der Waals surface area contributed by atoms with Gasteiger partial charge in [-0.15, -0.1) is 0 Å². The molecule has 0 aliphatic rings. The highest BCUT2D eigenvalue weighted by Crippen LogP contribution is 2.32. The van der Waals surface area contributed by atoms with Gasteiger partial charge in [0.2, 0.25) is 0 Å². The van der Waals surface area contributed by atoms with E-state index in [1.807, 2.05) is 0 Å². The minimum absolute atomic E-state index is 0.0210. The second-order valence-electron chi connectivity index (χ2n) is 3.91. The van der Waals surface area contributed by atoms with E-state index in [4.69, 9.17) is 0 Å². The highest BCUT2D eigenvalue weighted by molar-refractivity contribution is 7.88. The maximum atomic E-state index is 12.4. The average molecular weight is 338 g/mol. The number of aromatic nitrogens is 2. The lowest BCUT2D eigenvalue weighted by Gasteiger charge is -2.11. The standard InChI is InChI=1S/C10H9F3N4O4S/c1-14-9(18)16-6-5-15-17-4-2-3-7(8(6)17)21-22(19,20)10(11,12)13/h2-5H,1H3,(H2,14,16,18). The number of alkyl halides is 3. The smallest absolute Gasteiger partial charge is 0.374 e. The van der Waals surface area contributed by atoms with Gasteiger partial charge in [0.05, 0.1) is 11.9 Å². The van der Waals surface area contributed by atoms with Crippen LogP contribution in [0.5, 0.6) is 5.75 Å². The fourth-order valence-electron chi connectivity index (χ4n) is 1.52. The largest absolute Gasteiger partial charge is 0.534 e. The van der Waals surface area contributed by atoms with Crippen LogP contribution in [0.15, 0.2) is 24.5 Å². The number of amides is 2. The molecule has 8 nitrogen and oxygen atoms in total. The fraction of sp³-hybridized carbons (Fsp3) is 0.200. The van der Waals surface area contributed by atoms with E-state index in [1.165, 1.54) is 19.3 Å². The van der Waals surface area contributed by atoms with Crippen molar-refractivity contribution in [2.24, 2.45) is 0 Å². The first-order valence-corrected chi connectivity index (χ1v) is 7.02. The van der Waals surface area contributed by atoms with E-state index in [2.05, 4.69) is 19.9 Å². The third-order valence-corrected chi connectivity index (χ3v) is 3.43. The molecular formula is C10H9F3N4O4S. The summed E-state index contributed by atoms with van der Waals surface area (Å²) >= 11 is 0. The number of anilines is 1. The summed E-state index contributed by atoms with van der Waals surface area (Å²) in [6.07, 6.45) is 2.48. The molecule has 0 unspecified atom stereocenters. The van der Waals surface area contributed by atoms with Crippen LogP contribution in [0.2, 0.25) is 0 Å². The molecule has 2 aromatic heterocycles. The van der Waals surface area contributed by atoms with Crippen LogP contribution in [0.1, 0.15) is 0 Å². The Morgan fingerprint density at radius 2 is 2.09 bits per heavy atom. The number of carbonyl (C=O) groups is 1. The van der Waals surface area contributed by atoms with Crippen molar-refractivity contribution in [3.63, 3.8) is 0 Å². The normalized spacial score (nSPS) is 12.2. The number of rotatable bonds is 3. The summed E-state index contributed by atoms with van der Waals surface area (Å²) in [5.74, 6) is -0.622. The molecule has 0 saturated carbocycles. The number of hydrogen-bond acceptors (Lipinski definition) is 5. The predicted octanol–water partition coefficient (Wildman–Crippen LogP) is 1.31. The van der Waals surface area contributed by atoms with E-state index in [1.54, 1.807) is 0 Å². The minimum atomic E-state index is -5.84. The monoisotopic (exact) mass is 338 g/mol. The number of carbonyl (C=O) groups excluding carboxylic acids is 1. The summed E-state index contributed by atoms with van der Waals surface area (Å²) in [5, 5.41) is 8.30. The zero-order valence-corrected chi connectivity index (χ0v) is 11.7. The zero-order valence-electron chi connectivity index (χ0n) is 10.9. The fourth-order valence-corrected chi connectivity index (χ4v) is 1.99. The summed E-state index contributed by atoms with van der Waals surface area (Å²) in [7, 11) is -4.51. The van der Waals surface area contributed by atoms with Gasteiger partial charge in [0.1, 0.15) is 5.52 Å². The Hall–Kier alpha value is -2.50. The van der Waals surface area contributed by atoms with Gasteiger partial charge in [-0.1, -0.05) is 0 Å². The van der Waals surface area contributed by atoms with E-state index in [0.29, 0.717) is 0 Å². The molecule has 0 atom stereocenters. The molecule has 120 valence electrons. The van der Waals surface area contributed by atoms with Crippen molar-refractivity contribution in [3.05, 3.63) is 24.5 Å². The molecule has 2 N–H and O–H groups in total. The van der Waals surface area contributed by atoms with Crippen molar-refractivity contribution in [1.82, 2.24) is 14.9 Å². The lowest BCUT2D eigenvalue weighted by molar-refractivity contribution is -0.0499. The average Bonchev–Trinajstić information content (AvgIpc) is 2.81. The van der Waals surface area contributed by atoms with Gasteiger partial charge in [0.25, 0.3) is 0 Å². The molecule has 0 saturated heterocycles. The molecule has 0 aliphatic heterocycles. The number of halogens is 3. The van der Waals surface area contributed by atoms with Gasteiger partial charge in [0.15, 0.2) is 5.75 Å². The third kappa shape index (κ3) is 2.90. The summed E-state index contributed by atoms with van der Waals surface area (Å²) in [6, 6.07) is 1.59. The Morgan fingerprint density at radius 1 is 1.41 bits per heavy atom. The predicted molar refractivity (Wildman–Crippen MR) is 68.9 cm³/mol. The zero-order chi connectivity index (χ0) is 16.5. The van der Waals surface area contributed by atoms with E-state index in [0.717, 1.165) is 16.8 Å². The molecule has 0 spiro atoms. The third-order valence-electron chi connectivity index (χ3n) is 2.46. The summed E-state index contributed by atoms with van der Waals surface area (Å²) < 4.78 is 64.6. The molecule has 2 heterocycles. The van der Waals surface area contributed by atoms with Crippen LogP contribution in [0.3, 0.4) is 0 Å². The number of fused-ring (bicyclic) bond motifs is 1. The topological polar surface area (TPSA) is 102 Å². The summed E-state index contributed by atoms with van der Waals surface area (Å²) in [4.78, 5) is 11.3. The highest BCUT2D eigenvalue weighted by Gasteiger charge is 2.48. The Bertz CT molecular complexity index is 815. The van der Waals surface area contributed by atoms with Crippen molar-refractivity contribution >= 4 is 27.4 Å². The second kappa shape index (κ2) is 5.36. The van der Waals surface area contributed by atoms with Crippen LogP contribution in [-0.2, 0) is 10.1 Å². The van der Waals surface area contributed by atoms with Crippen molar-refractivity contribution in [2.75, 3.05) is 12.4 Å². The number of nitrogens with zero attached hydrogens (tertiary/aromatic N) is 2. The lowest BCUT2D eigenvalue weighted by Crippen LogP contribution is -2.28. The number of hydrogen-bond donors (Lipinski definition) is 2. The van der Waals surface area contributed by atoms with Crippen LogP contribution in [0.4, 0.5) is 23.7 Å². The van der Waals surface area contributed by atoms with Crippen molar-refractivity contribution in [3.8, 4) is 5.75 Å². The number of urea groups is 1. The first-order valence-electron chi connectivity index (χ1n) is 5.61. The molecule has 0 radical (unpaired) electrons. The Balaban J connectivity index is 2.51. The summed E-state index contributed by atoms with van der Waals surface area (Å²) in [5.41, 5.74) is -5.74. The quantitative estimate of drug-likeness (QED) is 0.649. The van der Waals surface area contributed by atoms with Crippen LogP contribution in [0.25, 0.3) is 5.52 Å². The summed E-state index contributed by atoms with van der Waals surface area (Å²) in [6.45, 7) is 0. The maximum absolute atomic E-state index is 12.4. The molecular weight excluding hydrogens is 329 g/mol. The Labute approximate surface area is 122 Å². The number of pyridine rings is 1. The molecule has 12 heteroatoms. The van der Waals surface area contributed by atoms with Gasteiger partial charge in [-0.05, 0) is 12.1 Å². The van der Waals surface area contributed by atoms with E-state index < -0.39 is 27.4 Å². The second-order valence-corrected chi connectivity index (χ2v) is 5.45. The molecule has 0 fully saturated rings. The van der Waals surface area contributed by atoms with Crippen molar-refractivity contribution in [2.45, 2.75) is 5.51 Å². The molecule has 22 heavy (non-hydrogen) atoms. The van der Waals surface area contributed by atoms with Crippen molar-refractivity contribution in [1.29, 1.82) is 0 Å². The van der Waals surface area contributed by atoms with Gasteiger partial charge in [-0.3, -0.25) is 0 Å². The van der Waals surface area contributed by atoms with Gasteiger partial charge >= 0.3 is 21.7 Å². The Morgan fingerprint density at radius 3 is 2.68 bits per heavy atom. The van der Waals surface area contributed by atoms with Crippen LogP contribution in [0, 0.1) is 0 Å². The Kier molecular flexibility index (Phi) is 3.87. The van der Waals surface area contributed by atoms with Crippen LogP contribution >= 0.6 is 0 Å². The van der Waals surface area contributed by atoms with Crippen LogP contribution < -0.4 is 14.8 Å². The first-order chi connectivity index (χ1) is 10.2. The SMILES string of the molecule is CNC(=O)Nc1cnn2cccc(OS(=O)(=O)C(F)(F)F)c12. The van der Waals surface area contributed by atoms with Gasteiger partial charge in [0, 0.05) is 13.2 Å². The first kappa shape index (κ1) is 15.9. The van der Waals surface area contributed by atoms with Gasteiger partial charge in [-0.25, -0.2) is 9.31 Å². The molecule has 2 rings (SSSR count). The van der Waals surface area contributed by atoms with Crippen LogP contribution in [-0.4, -0.2) is 36.6 Å². The number of nitrogens with one attached hydrogen (secondary N) is 2. The highest BCUT2D eigenvalue weighted by atomic mass is 32.2. The lowest BCUT2D eigenvalue weighted by atomic mass is 10.3. The molecule has 0 bridgehead atoms. The molecule has 0 aromatic carbocycles. The minimum Gasteiger partial charge on any atom is -0.374 e. The molecule has 2 amide bonds. The van der Waals surface area contributed by atoms with E-state index >= 15 is 0 Å². The maximum Gasteiger partial charge on any atom is 0.534 e. The van der Waals surface area contributed by atoms with E-state index in [9.17, 15) is 26.4 Å². The molecule has 0 aliphatic carbocycles. The molecule has 2 aromatic rings.